The van der Waals surface area contributed by atoms with E-state index in [9.17, 15) is 4.79 Å². The molecule has 0 aliphatic carbocycles. The lowest BCUT2D eigenvalue weighted by Crippen LogP contribution is -2.34. The summed E-state index contributed by atoms with van der Waals surface area (Å²) in [5.74, 6) is 0.00690. The van der Waals surface area contributed by atoms with Crippen LogP contribution in [0.25, 0.3) is 5.69 Å². The van der Waals surface area contributed by atoms with Crippen molar-refractivity contribution in [3.05, 3.63) is 46.7 Å². The Kier molecular flexibility index (Phi) is 5.99. The fraction of sp³-hybridized carbons (Fsp3) is 0.333. The number of amides is 1. The van der Waals surface area contributed by atoms with E-state index < -0.39 is 0 Å². The van der Waals surface area contributed by atoms with E-state index in [2.05, 4.69) is 26.3 Å². The highest BCUT2D eigenvalue weighted by Crippen LogP contribution is 2.15. The van der Waals surface area contributed by atoms with Crippen molar-refractivity contribution < 1.29 is 4.79 Å². The van der Waals surface area contributed by atoms with Crippen LogP contribution in [0.2, 0.25) is 0 Å². The van der Waals surface area contributed by atoms with Crippen molar-refractivity contribution in [3.8, 4) is 5.69 Å². The lowest BCUT2D eigenvalue weighted by Gasteiger charge is -2.18. The van der Waals surface area contributed by atoms with Gasteiger partial charge >= 0.3 is 0 Å². The number of rotatable bonds is 2. The molecule has 1 saturated heterocycles. The summed E-state index contributed by atoms with van der Waals surface area (Å²) in [6.07, 6.45) is 2.81. The van der Waals surface area contributed by atoms with Crippen LogP contribution in [0.1, 0.15) is 16.9 Å². The van der Waals surface area contributed by atoms with Gasteiger partial charge in [0.25, 0.3) is 5.91 Å². The van der Waals surface area contributed by atoms with Gasteiger partial charge in [0.15, 0.2) is 5.69 Å². The molecule has 0 spiro atoms. The van der Waals surface area contributed by atoms with E-state index in [1.54, 1.807) is 10.7 Å². The van der Waals surface area contributed by atoms with Crippen molar-refractivity contribution in [1.29, 1.82) is 0 Å². The second-order valence-corrected chi connectivity index (χ2v) is 5.94. The van der Waals surface area contributed by atoms with Gasteiger partial charge in [-0.25, -0.2) is 4.68 Å². The topological polar surface area (TPSA) is 50.2 Å². The molecule has 0 radical (unpaired) electrons. The van der Waals surface area contributed by atoms with E-state index in [1.807, 2.05) is 35.4 Å². The molecule has 3 rings (SSSR count). The third kappa shape index (κ3) is 3.88. The summed E-state index contributed by atoms with van der Waals surface area (Å²) in [6.45, 7) is 3.34. The molecule has 7 heteroatoms. The van der Waals surface area contributed by atoms with Gasteiger partial charge in [-0.05, 0) is 37.2 Å². The molecule has 1 amide bonds. The van der Waals surface area contributed by atoms with Crippen LogP contribution in [-0.2, 0) is 0 Å². The highest BCUT2D eigenvalue weighted by Gasteiger charge is 2.19. The monoisotopic (exact) mass is 384 g/mol. The van der Waals surface area contributed by atoms with E-state index >= 15 is 0 Å². The molecule has 0 bridgehead atoms. The van der Waals surface area contributed by atoms with Crippen LogP contribution in [0.15, 0.2) is 41.0 Å². The number of carbonyl (C=O) groups is 1. The summed E-state index contributed by atoms with van der Waals surface area (Å²) in [5.41, 5.74) is 1.43. The van der Waals surface area contributed by atoms with Crippen LogP contribution in [-0.4, -0.2) is 46.8 Å². The normalized spacial score (nSPS) is 15.0. The van der Waals surface area contributed by atoms with Gasteiger partial charge in [0.05, 0.1) is 5.69 Å². The Morgan fingerprint density at radius 2 is 2.09 bits per heavy atom. The van der Waals surface area contributed by atoms with Crippen molar-refractivity contribution in [3.63, 3.8) is 0 Å². The first-order valence-corrected chi connectivity index (χ1v) is 7.85. The van der Waals surface area contributed by atoms with Gasteiger partial charge in [-0.3, -0.25) is 4.79 Å². The molecule has 2 heterocycles. The molecule has 1 aliphatic rings. The van der Waals surface area contributed by atoms with Gasteiger partial charge < -0.3 is 10.2 Å². The molecule has 1 fully saturated rings. The van der Waals surface area contributed by atoms with E-state index in [1.165, 1.54) is 0 Å². The number of nitrogens with one attached hydrogen (secondary N) is 1. The van der Waals surface area contributed by atoms with Crippen LogP contribution in [0.3, 0.4) is 0 Å². The number of hydrogen-bond acceptors (Lipinski definition) is 3. The summed E-state index contributed by atoms with van der Waals surface area (Å²) >= 11 is 3.44. The maximum absolute atomic E-state index is 12.5. The number of nitrogens with zero attached hydrogens (tertiary/aromatic N) is 3. The Balaban J connectivity index is 0.00000176. The summed E-state index contributed by atoms with van der Waals surface area (Å²) < 4.78 is 2.72. The van der Waals surface area contributed by atoms with Gasteiger partial charge in [-0.15, -0.1) is 12.4 Å². The first-order chi connectivity index (χ1) is 10.2. The number of benzene rings is 1. The minimum atomic E-state index is 0. The molecule has 1 N–H and O–H groups in total. The van der Waals surface area contributed by atoms with Gasteiger partial charge in [0, 0.05) is 30.3 Å². The number of hydrogen-bond donors (Lipinski definition) is 1. The van der Waals surface area contributed by atoms with E-state index in [4.69, 9.17) is 0 Å². The quantitative estimate of drug-likeness (QED) is 0.864. The van der Waals surface area contributed by atoms with E-state index in [-0.39, 0.29) is 18.3 Å². The second kappa shape index (κ2) is 7.76. The summed E-state index contributed by atoms with van der Waals surface area (Å²) in [4.78, 5) is 14.3. The largest absolute Gasteiger partial charge is 0.336 e. The van der Waals surface area contributed by atoms with Crippen molar-refractivity contribution >= 4 is 34.2 Å². The number of halogens is 2. The smallest absolute Gasteiger partial charge is 0.274 e. The zero-order valence-corrected chi connectivity index (χ0v) is 14.4. The summed E-state index contributed by atoms with van der Waals surface area (Å²) in [6, 6.07) is 9.62. The molecule has 22 heavy (non-hydrogen) atoms. The van der Waals surface area contributed by atoms with Crippen LogP contribution in [0.4, 0.5) is 0 Å². The molecule has 5 nitrogen and oxygen atoms in total. The third-order valence-electron chi connectivity index (χ3n) is 3.51. The SMILES string of the molecule is Cl.O=C(c1ccn(-c2cccc(Br)c2)n1)N1CCCNCC1. The van der Waals surface area contributed by atoms with Crippen molar-refractivity contribution in [2.24, 2.45) is 0 Å². The Hall–Kier alpha value is -1.37. The highest BCUT2D eigenvalue weighted by molar-refractivity contribution is 9.10. The maximum Gasteiger partial charge on any atom is 0.274 e. The van der Waals surface area contributed by atoms with Gasteiger partial charge in [-0.1, -0.05) is 22.0 Å². The fourth-order valence-corrected chi connectivity index (χ4v) is 2.80. The summed E-state index contributed by atoms with van der Waals surface area (Å²) in [5, 5.41) is 7.71. The van der Waals surface area contributed by atoms with Gasteiger partial charge in [-0.2, -0.15) is 5.10 Å². The predicted molar refractivity (Wildman–Crippen MR) is 91.9 cm³/mol. The molecule has 1 aliphatic heterocycles. The van der Waals surface area contributed by atoms with Crippen LogP contribution in [0.5, 0.6) is 0 Å². The van der Waals surface area contributed by atoms with Crippen LogP contribution in [0, 0.1) is 0 Å². The Morgan fingerprint density at radius 1 is 1.23 bits per heavy atom. The predicted octanol–water partition coefficient (Wildman–Crippen LogP) is 2.49. The maximum atomic E-state index is 12.5. The molecule has 118 valence electrons. The van der Waals surface area contributed by atoms with Crippen molar-refractivity contribution in [2.45, 2.75) is 6.42 Å². The van der Waals surface area contributed by atoms with Gasteiger partial charge in [0.2, 0.25) is 0 Å². The zero-order chi connectivity index (χ0) is 14.7. The van der Waals surface area contributed by atoms with Crippen molar-refractivity contribution in [2.75, 3.05) is 26.2 Å². The molecule has 0 unspecified atom stereocenters. The standard InChI is InChI=1S/C15H17BrN4O.ClH/c16-12-3-1-4-13(11-12)20-9-5-14(18-20)15(21)19-8-2-6-17-7-10-19;/h1,3-5,9,11,17H,2,6-8,10H2;1H. The number of aromatic nitrogens is 2. The Labute approximate surface area is 144 Å². The molecule has 0 saturated carbocycles. The molecular weight excluding hydrogens is 368 g/mol. The lowest BCUT2D eigenvalue weighted by atomic mass is 10.3. The first-order valence-electron chi connectivity index (χ1n) is 7.06. The van der Waals surface area contributed by atoms with Crippen LogP contribution < -0.4 is 5.32 Å². The minimum absolute atomic E-state index is 0. The van der Waals surface area contributed by atoms with Crippen molar-refractivity contribution in [1.82, 2.24) is 20.0 Å². The molecule has 2 aromatic rings. The average molecular weight is 386 g/mol. The van der Waals surface area contributed by atoms with Gasteiger partial charge in [0.1, 0.15) is 0 Å². The number of carbonyl (C=O) groups excluding carboxylic acids is 1. The van der Waals surface area contributed by atoms with Crippen LogP contribution >= 0.6 is 28.3 Å². The minimum Gasteiger partial charge on any atom is -0.336 e. The highest BCUT2D eigenvalue weighted by atomic mass is 79.9. The third-order valence-corrected chi connectivity index (χ3v) is 4.00. The fourth-order valence-electron chi connectivity index (χ4n) is 2.41. The molecule has 0 atom stereocenters. The second-order valence-electron chi connectivity index (χ2n) is 5.02. The van der Waals surface area contributed by atoms with E-state index in [0.29, 0.717) is 5.69 Å². The average Bonchev–Trinajstić information content (AvgIpc) is 2.82. The first kappa shape index (κ1) is 17.0. The molecule has 1 aromatic heterocycles. The van der Waals surface area contributed by atoms with E-state index in [0.717, 1.165) is 42.8 Å². The molecular formula is C15H18BrClN4O. The zero-order valence-electron chi connectivity index (χ0n) is 12.0. The lowest BCUT2D eigenvalue weighted by molar-refractivity contribution is 0.0760. The summed E-state index contributed by atoms with van der Waals surface area (Å²) in [7, 11) is 0. The molecule has 1 aromatic carbocycles. The Morgan fingerprint density at radius 3 is 2.91 bits per heavy atom. The Bertz CT molecular complexity index is 638.